The van der Waals surface area contributed by atoms with Gasteiger partial charge in [0.05, 0.1) is 0 Å². The number of aromatic nitrogens is 3. The first-order chi connectivity index (χ1) is 21.2. The Hall–Kier alpha value is -3.27. The maximum Gasteiger partial charge on any atom is 0.248 e. The Morgan fingerprint density at radius 3 is 2.45 bits per heavy atom. The summed E-state index contributed by atoms with van der Waals surface area (Å²) in [6, 6.07) is 15.3. The minimum Gasteiger partial charge on any atom is -0.416 e. The Labute approximate surface area is 267 Å². The molecule has 0 N–H and O–H groups in total. The number of benzene rings is 1. The molecule has 4 heteroatoms. The fourth-order valence-electron chi connectivity index (χ4n) is 7.28. The molecule has 4 rings (SSSR count). The molecule has 4 nitrogen and oxygen atoms in total. The zero-order chi connectivity index (χ0) is 31.7. The highest BCUT2D eigenvalue weighted by molar-refractivity contribution is 5.81. The van der Waals surface area contributed by atoms with Gasteiger partial charge in [0, 0.05) is 47.6 Å². The van der Waals surface area contributed by atoms with E-state index in [0.29, 0.717) is 17.7 Å². The molecule has 0 amide bonds. The highest BCUT2D eigenvalue weighted by Gasteiger charge is 2.49. The van der Waals surface area contributed by atoms with Crippen molar-refractivity contribution in [3.05, 3.63) is 90.6 Å². The Morgan fingerprint density at radius 1 is 1.05 bits per heavy atom. The number of allylic oxidation sites excluding steroid dienone is 5. The molecule has 44 heavy (non-hydrogen) atoms. The fourth-order valence-corrected chi connectivity index (χ4v) is 7.28. The number of rotatable bonds is 15. The molecular weight excluding hydrogens is 538 g/mol. The third kappa shape index (κ3) is 7.33. The van der Waals surface area contributed by atoms with E-state index in [1.165, 1.54) is 55.4 Å². The van der Waals surface area contributed by atoms with Gasteiger partial charge in [-0.2, -0.15) is 4.57 Å². The summed E-state index contributed by atoms with van der Waals surface area (Å²) in [5.41, 5.74) is 6.04. The molecule has 236 valence electrons. The van der Waals surface area contributed by atoms with Crippen LogP contribution < -0.4 is 4.57 Å². The quantitative estimate of drug-likeness (QED) is 0.0998. The number of fused-ring (bicyclic) bond motifs is 1. The van der Waals surface area contributed by atoms with Crippen LogP contribution in [-0.4, -0.2) is 10.2 Å². The second-order valence-electron chi connectivity index (χ2n) is 13.6. The molecule has 1 aliphatic heterocycles. The van der Waals surface area contributed by atoms with E-state index in [1.807, 2.05) is 6.08 Å². The number of pyridine rings is 1. The molecule has 0 saturated heterocycles. The summed E-state index contributed by atoms with van der Waals surface area (Å²) in [4.78, 5) is 0. The summed E-state index contributed by atoms with van der Waals surface area (Å²) in [6.07, 6.45) is 20.4. The fraction of sp³-hybridized carbons (Fsp3) is 0.525. The van der Waals surface area contributed by atoms with Gasteiger partial charge in [0.2, 0.25) is 17.5 Å². The van der Waals surface area contributed by atoms with Crippen molar-refractivity contribution < 1.29 is 8.98 Å². The maximum atomic E-state index is 6.31. The molecule has 0 saturated carbocycles. The number of unbranched alkanes of at least 4 members (excludes halogenated alkanes) is 2. The number of nitrogens with zero attached hydrogens (tertiary/aromatic N) is 3. The van der Waals surface area contributed by atoms with E-state index in [-0.39, 0.29) is 11.0 Å². The van der Waals surface area contributed by atoms with Crippen LogP contribution in [0.15, 0.2) is 77.9 Å². The molecule has 0 radical (unpaired) electrons. The highest BCUT2D eigenvalue weighted by atomic mass is 16.4. The largest absolute Gasteiger partial charge is 0.416 e. The highest BCUT2D eigenvalue weighted by Crippen LogP contribution is 2.42. The molecule has 1 aromatic carbocycles. The van der Waals surface area contributed by atoms with Crippen molar-refractivity contribution >= 4 is 11.1 Å². The van der Waals surface area contributed by atoms with Crippen LogP contribution in [0.5, 0.6) is 0 Å². The monoisotopic (exact) mass is 594 g/mol. The molecule has 2 unspecified atom stereocenters. The average molecular weight is 595 g/mol. The first kappa shape index (κ1) is 33.6. The lowest BCUT2D eigenvalue weighted by atomic mass is 9.70. The van der Waals surface area contributed by atoms with Crippen molar-refractivity contribution in [2.45, 2.75) is 124 Å². The normalized spacial score (nSPS) is 18.3. The second kappa shape index (κ2) is 15.1. The summed E-state index contributed by atoms with van der Waals surface area (Å²) >= 11 is 0. The first-order valence-corrected chi connectivity index (χ1v) is 17.2. The first-order valence-electron chi connectivity index (χ1n) is 17.2. The van der Waals surface area contributed by atoms with Crippen molar-refractivity contribution in [3.8, 4) is 11.5 Å². The summed E-state index contributed by atoms with van der Waals surface area (Å²) in [6.45, 7) is 20.3. The van der Waals surface area contributed by atoms with E-state index < -0.39 is 0 Å². The lowest BCUT2D eigenvalue weighted by Crippen LogP contribution is -2.63. The molecule has 3 heterocycles. The Morgan fingerprint density at radius 2 is 1.80 bits per heavy atom. The van der Waals surface area contributed by atoms with Gasteiger partial charge >= 0.3 is 0 Å². The van der Waals surface area contributed by atoms with Crippen molar-refractivity contribution in [1.29, 1.82) is 0 Å². The van der Waals surface area contributed by atoms with Crippen LogP contribution in [0.2, 0.25) is 0 Å². The van der Waals surface area contributed by atoms with Gasteiger partial charge < -0.3 is 4.42 Å². The minimum absolute atomic E-state index is 0.136. The van der Waals surface area contributed by atoms with E-state index in [4.69, 9.17) is 4.42 Å². The van der Waals surface area contributed by atoms with Gasteiger partial charge in [-0.25, -0.2) is 0 Å². The van der Waals surface area contributed by atoms with Crippen LogP contribution in [-0.2, 0) is 11.0 Å². The smallest absolute Gasteiger partial charge is 0.248 e. The van der Waals surface area contributed by atoms with E-state index in [2.05, 4.69) is 125 Å². The van der Waals surface area contributed by atoms with Gasteiger partial charge in [0.15, 0.2) is 11.7 Å². The van der Waals surface area contributed by atoms with E-state index in [1.54, 1.807) is 6.08 Å². The predicted octanol–water partition coefficient (Wildman–Crippen LogP) is 10.9. The van der Waals surface area contributed by atoms with Crippen molar-refractivity contribution in [3.63, 3.8) is 0 Å². The molecule has 0 aliphatic carbocycles. The standard InChI is InChI=1S/C40H56N3O/c1-9-19-32(28-33-29-34(11-3)40(12-4,13-5)43-27-18-16-21-36(33)43)38-42-41-37(44-38)31-22-24-35(25-23-31)39(7,8)26-17-14-15-20-30(6)10-2/h9,16,18-19,21-25,27-28,30,34H,1,10-15,17,20,26,29H2,2-8H3/q+1. The Kier molecular flexibility index (Phi) is 11.6. The summed E-state index contributed by atoms with van der Waals surface area (Å²) in [5, 5.41) is 8.96. The van der Waals surface area contributed by atoms with Gasteiger partial charge in [-0.15, -0.1) is 10.2 Å². The average Bonchev–Trinajstić information content (AvgIpc) is 3.54. The predicted molar refractivity (Wildman–Crippen MR) is 185 cm³/mol. The zero-order valence-corrected chi connectivity index (χ0v) is 28.5. The van der Waals surface area contributed by atoms with Gasteiger partial charge in [-0.05, 0) is 60.4 Å². The SMILES string of the molecule is C=CC=C(C=C1CC(CC)C(CC)(CC)[n+]2ccccc21)c1nnc(-c2ccc(C(C)(C)CCCCCC(C)CC)cc2)o1. The van der Waals surface area contributed by atoms with Crippen LogP contribution in [0.25, 0.3) is 22.6 Å². The van der Waals surface area contributed by atoms with E-state index in [9.17, 15) is 0 Å². The van der Waals surface area contributed by atoms with Crippen LogP contribution >= 0.6 is 0 Å². The maximum absolute atomic E-state index is 6.31. The third-order valence-electron chi connectivity index (χ3n) is 10.5. The van der Waals surface area contributed by atoms with Crippen LogP contribution in [0.4, 0.5) is 0 Å². The van der Waals surface area contributed by atoms with Gasteiger partial charge in [-0.1, -0.05) is 111 Å². The lowest BCUT2D eigenvalue weighted by molar-refractivity contribution is -0.780. The zero-order valence-electron chi connectivity index (χ0n) is 28.5. The number of hydrogen-bond acceptors (Lipinski definition) is 3. The topological polar surface area (TPSA) is 42.8 Å². The minimum atomic E-state index is 0.136. The summed E-state index contributed by atoms with van der Waals surface area (Å²) in [5.74, 6) is 2.47. The van der Waals surface area contributed by atoms with Crippen molar-refractivity contribution in [2.24, 2.45) is 11.8 Å². The Bertz CT molecular complexity index is 1420. The van der Waals surface area contributed by atoms with Gasteiger partial charge in [0.25, 0.3) is 0 Å². The third-order valence-corrected chi connectivity index (χ3v) is 10.5. The molecule has 2 atom stereocenters. The van der Waals surface area contributed by atoms with E-state index in [0.717, 1.165) is 42.7 Å². The number of hydrogen-bond donors (Lipinski definition) is 0. The molecule has 1 aliphatic rings. The summed E-state index contributed by atoms with van der Waals surface area (Å²) < 4.78 is 8.83. The molecule has 3 aromatic rings. The molecule has 2 aromatic heterocycles. The van der Waals surface area contributed by atoms with Gasteiger partial charge in [-0.3, -0.25) is 0 Å². The van der Waals surface area contributed by atoms with E-state index >= 15 is 0 Å². The van der Waals surface area contributed by atoms with Crippen LogP contribution in [0.3, 0.4) is 0 Å². The second-order valence-corrected chi connectivity index (χ2v) is 13.6. The van der Waals surface area contributed by atoms with Crippen LogP contribution in [0.1, 0.15) is 130 Å². The Balaban J connectivity index is 1.53. The summed E-state index contributed by atoms with van der Waals surface area (Å²) in [7, 11) is 0. The van der Waals surface area contributed by atoms with Crippen LogP contribution in [0, 0.1) is 11.8 Å². The molecule has 0 bridgehead atoms. The molecule has 0 fully saturated rings. The lowest BCUT2D eigenvalue weighted by Gasteiger charge is -2.39. The molecule has 0 spiro atoms. The van der Waals surface area contributed by atoms with Gasteiger partial charge in [0.1, 0.15) is 0 Å². The molecular formula is C40H56N3O+. The van der Waals surface area contributed by atoms with Crippen molar-refractivity contribution in [2.75, 3.05) is 0 Å². The van der Waals surface area contributed by atoms with Crippen molar-refractivity contribution in [1.82, 2.24) is 10.2 Å².